The van der Waals surface area contributed by atoms with E-state index in [0.29, 0.717) is 43.1 Å². The van der Waals surface area contributed by atoms with Crippen LogP contribution < -0.4 is 0 Å². The predicted octanol–water partition coefficient (Wildman–Crippen LogP) is 6.59. The van der Waals surface area contributed by atoms with Gasteiger partial charge in [-0.15, -0.1) is 0 Å². The normalized spacial score (nSPS) is 19.6. The molecule has 0 aromatic heterocycles. The lowest BCUT2D eigenvalue weighted by Crippen LogP contribution is -2.32. The molecule has 3 aliphatic rings. The topological polar surface area (TPSA) is 63.7 Å². The maximum atomic E-state index is 13.3. The molecule has 5 nitrogen and oxygen atoms in total. The fourth-order valence-electron chi connectivity index (χ4n) is 5.38. The van der Waals surface area contributed by atoms with E-state index in [1.165, 1.54) is 5.56 Å². The number of likely N-dealkylation sites (tertiary alicyclic amines) is 1. The van der Waals surface area contributed by atoms with E-state index < -0.39 is 0 Å². The number of nitrogens with zero attached hydrogens (tertiary/aromatic N) is 1. The molecule has 1 aliphatic carbocycles. The van der Waals surface area contributed by atoms with Crippen molar-refractivity contribution in [2.24, 2.45) is 5.92 Å². The molecule has 0 bridgehead atoms. The van der Waals surface area contributed by atoms with Gasteiger partial charge in [0.2, 0.25) is 0 Å². The van der Waals surface area contributed by atoms with Crippen LogP contribution in [0.2, 0.25) is 0 Å². The number of rotatable bonds is 6. The molecule has 0 saturated carbocycles. The fourth-order valence-corrected chi connectivity index (χ4v) is 5.38. The molecular formula is C32H35NO4. The minimum Gasteiger partial charge on any atom is -0.426 e. The van der Waals surface area contributed by atoms with Gasteiger partial charge >= 0.3 is 5.97 Å². The summed E-state index contributed by atoms with van der Waals surface area (Å²) < 4.78 is 5.28. The Morgan fingerprint density at radius 1 is 1.05 bits per heavy atom. The molecule has 0 radical (unpaired) electrons. The summed E-state index contributed by atoms with van der Waals surface area (Å²) in [5.74, 6) is 0.874. The number of allylic oxidation sites excluding steroid dienone is 4. The number of hydrogen-bond acceptors (Lipinski definition) is 4. The molecule has 5 rings (SSSR count). The Labute approximate surface area is 220 Å². The lowest BCUT2D eigenvalue weighted by molar-refractivity contribution is -0.136. The summed E-state index contributed by atoms with van der Waals surface area (Å²) in [5, 5.41) is 0. The average Bonchev–Trinajstić information content (AvgIpc) is 3.06. The maximum absolute atomic E-state index is 13.3. The second-order valence-electron chi connectivity index (χ2n) is 10.3. The molecular weight excluding hydrogens is 462 g/mol. The molecule has 1 unspecified atom stereocenters. The molecule has 2 aromatic carbocycles. The zero-order chi connectivity index (χ0) is 25.8. The highest BCUT2D eigenvalue weighted by Gasteiger charge is 2.25. The fraction of sp³-hybridized carbons (Fsp3) is 0.344. The van der Waals surface area contributed by atoms with Crippen LogP contribution in [0.15, 0.2) is 83.7 Å². The van der Waals surface area contributed by atoms with Crippen molar-refractivity contribution in [2.75, 3.05) is 13.1 Å². The number of Topliss-reactive ketones (excluding diaryl/α,β-unsaturated/α-hetero) is 1. The first kappa shape index (κ1) is 24.9. The van der Waals surface area contributed by atoms with Crippen LogP contribution in [0, 0.1) is 12.8 Å². The summed E-state index contributed by atoms with van der Waals surface area (Å²) in [5.41, 5.74) is 5.65. The van der Waals surface area contributed by atoms with Gasteiger partial charge in [0.25, 0.3) is 5.91 Å². The molecule has 0 spiro atoms. The van der Waals surface area contributed by atoms with Gasteiger partial charge in [0.15, 0.2) is 5.78 Å². The van der Waals surface area contributed by atoms with Crippen LogP contribution in [0.3, 0.4) is 0 Å². The van der Waals surface area contributed by atoms with Crippen LogP contribution in [0.25, 0.3) is 11.1 Å². The number of hydrogen-bond donors (Lipinski definition) is 0. The summed E-state index contributed by atoms with van der Waals surface area (Å²) in [6.45, 7) is 3.52. The molecule has 0 N–H and O–H groups in total. The van der Waals surface area contributed by atoms with Crippen LogP contribution >= 0.6 is 0 Å². The molecule has 2 heterocycles. The highest BCUT2D eigenvalue weighted by Crippen LogP contribution is 2.30. The summed E-state index contributed by atoms with van der Waals surface area (Å²) >= 11 is 0. The second kappa shape index (κ2) is 11.1. The lowest BCUT2D eigenvalue weighted by atomic mass is 9.92. The molecule has 37 heavy (non-hydrogen) atoms. The van der Waals surface area contributed by atoms with Gasteiger partial charge in [0, 0.05) is 32.1 Å². The van der Waals surface area contributed by atoms with Gasteiger partial charge in [-0.25, -0.2) is 0 Å². The summed E-state index contributed by atoms with van der Waals surface area (Å²) in [6.07, 6.45) is 10.6. The Morgan fingerprint density at radius 3 is 2.73 bits per heavy atom. The molecule has 192 valence electrons. The van der Waals surface area contributed by atoms with Gasteiger partial charge in [-0.1, -0.05) is 54.1 Å². The number of carbonyl (C=O) groups is 3. The highest BCUT2D eigenvalue weighted by molar-refractivity contribution is 5.99. The summed E-state index contributed by atoms with van der Waals surface area (Å²) in [7, 11) is 0. The molecule has 1 atom stereocenters. The predicted molar refractivity (Wildman–Crippen MR) is 146 cm³/mol. The maximum Gasteiger partial charge on any atom is 0.315 e. The first-order chi connectivity index (χ1) is 18.0. The zero-order valence-corrected chi connectivity index (χ0v) is 21.4. The smallest absolute Gasteiger partial charge is 0.315 e. The number of ketones is 1. The van der Waals surface area contributed by atoms with Crippen LogP contribution in [0.5, 0.6) is 0 Å². The number of ether oxygens (including phenoxy) is 1. The SMILES string of the molecule is Cc1ccc(-c2cccc(C(=O)N3CCCC(CCC(=O)C4=CC5=C(CC=C4)CC(=O)O5)CC3)c2)cc1.[HH]. The highest BCUT2D eigenvalue weighted by atomic mass is 16.5. The monoisotopic (exact) mass is 497 g/mol. The third-order valence-corrected chi connectivity index (χ3v) is 7.61. The van der Waals surface area contributed by atoms with E-state index in [1.807, 2.05) is 41.3 Å². The van der Waals surface area contributed by atoms with E-state index in [-0.39, 0.29) is 19.1 Å². The van der Waals surface area contributed by atoms with Gasteiger partial charge in [0.1, 0.15) is 5.76 Å². The van der Waals surface area contributed by atoms with Crippen molar-refractivity contribution in [2.45, 2.75) is 51.9 Å². The molecule has 1 saturated heterocycles. The Hall–Kier alpha value is -3.73. The van der Waals surface area contributed by atoms with Crippen molar-refractivity contribution in [1.82, 2.24) is 4.90 Å². The second-order valence-corrected chi connectivity index (χ2v) is 10.3. The van der Waals surface area contributed by atoms with Crippen molar-refractivity contribution < 1.29 is 20.5 Å². The third kappa shape index (κ3) is 5.99. The quantitative estimate of drug-likeness (QED) is 0.423. The first-order valence-electron chi connectivity index (χ1n) is 13.3. The minimum absolute atomic E-state index is 0. The summed E-state index contributed by atoms with van der Waals surface area (Å²) in [4.78, 5) is 39.8. The Kier molecular flexibility index (Phi) is 7.50. The largest absolute Gasteiger partial charge is 0.426 e. The van der Waals surface area contributed by atoms with Crippen LogP contribution in [-0.4, -0.2) is 35.6 Å². The Morgan fingerprint density at radius 2 is 1.89 bits per heavy atom. The Bertz CT molecular complexity index is 1300. The number of carbonyl (C=O) groups excluding carboxylic acids is 3. The van der Waals surface area contributed by atoms with Crippen molar-refractivity contribution >= 4 is 17.7 Å². The van der Waals surface area contributed by atoms with Crippen molar-refractivity contribution in [3.05, 3.63) is 94.8 Å². The summed E-state index contributed by atoms with van der Waals surface area (Å²) in [6, 6.07) is 16.2. The minimum atomic E-state index is -0.247. The van der Waals surface area contributed by atoms with Crippen LogP contribution in [0.4, 0.5) is 0 Å². The standard InChI is InChI=1S/C32H33NO4.H2/c1-22-10-13-24(14-11-22)25-6-2-9-28(19-25)32(36)33-17-4-5-23(16-18-33)12-15-29(34)26-7-3-8-27-21-31(35)37-30(27)20-26;/h2-3,6-7,9-11,13-14,19-20,23H,4-5,8,12,15-18,21H2,1H3;1H. The van der Waals surface area contributed by atoms with E-state index in [2.05, 4.69) is 31.2 Å². The van der Waals surface area contributed by atoms with E-state index in [1.54, 1.807) is 6.08 Å². The van der Waals surface area contributed by atoms with E-state index in [4.69, 9.17) is 4.74 Å². The third-order valence-electron chi connectivity index (χ3n) is 7.61. The van der Waals surface area contributed by atoms with Gasteiger partial charge < -0.3 is 9.64 Å². The average molecular weight is 498 g/mol. The van der Waals surface area contributed by atoms with Crippen LogP contribution in [-0.2, 0) is 14.3 Å². The zero-order valence-electron chi connectivity index (χ0n) is 21.4. The number of benzene rings is 2. The molecule has 5 heteroatoms. The van der Waals surface area contributed by atoms with Gasteiger partial charge in [-0.2, -0.15) is 0 Å². The molecule has 1 fully saturated rings. The van der Waals surface area contributed by atoms with Crippen molar-refractivity contribution in [3.8, 4) is 11.1 Å². The molecule has 2 aromatic rings. The molecule has 1 amide bonds. The molecule has 2 aliphatic heterocycles. The van der Waals surface area contributed by atoms with Crippen LogP contribution in [0.1, 0.15) is 62.3 Å². The Balaban J connectivity index is 0.00000336. The van der Waals surface area contributed by atoms with Gasteiger partial charge in [-0.05, 0) is 79.9 Å². The van der Waals surface area contributed by atoms with E-state index in [0.717, 1.165) is 54.5 Å². The van der Waals surface area contributed by atoms with Crippen molar-refractivity contribution in [3.63, 3.8) is 0 Å². The van der Waals surface area contributed by atoms with Gasteiger partial charge in [-0.3, -0.25) is 14.4 Å². The van der Waals surface area contributed by atoms with E-state index in [9.17, 15) is 14.4 Å². The lowest BCUT2D eigenvalue weighted by Gasteiger charge is -2.21. The van der Waals surface area contributed by atoms with E-state index >= 15 is 0 Å². The van der Waals surface area contributed by atoms with Gasteiger partial charge in [0.05, 0.1) is 6.42 Å². The number of esters is 1. The first-order valence-corrected chi connectivity index (χ1v) is 13.3. The van der Waals surface area contributed by atoms with Crippen molar-refractivity contribution in [1.29, 1.82) is 0 Å². The number of aryl methyl sites for hydroxylation is 1. The number of amides is 1.